The van der Waals surface area contributed by atoms with Crippen molar-refractivity contribution in [1.82, 2.24) is 5.32 Å². The maximum absolute atomic E-state index is 12.1. The van der Waals surface area contributed by atoms with Gasteiger partial charge in [0.25, 0.3) is 0 Å². The number of benzene rings is 2. The molecule has 0 fully saturated rings. The van der Waals surface area contributed by atoms with E-state index in [1.54, 1.807) is 7.11 Å². The molecule has 132 valence electrons. The van der Waals surface area contributed by atoms with Crippen molar-refractivity contribution in [3.8, 4) is 5.75 Å². The van der Waals surface area contributed by atoms with Gasteiger partial charge in [-0.15, -0.1) is 0 Å². The molecule has 0 aromatic heterocycles. The molecule has 1 aliphatic rings. The Labute approximate surface area is 149 Å². The number of rotatable bonds is 7. The molecule has 3 rings (SSSR count). The fourth-order valence-corrected chi connectivity index (χ4v) is 3.32. The molecule has 0 saturated carbocycles. The molecule has 0 bridgehead atoms. The van der Waals surface area contributed by atoms with Crippen LogP contribution in [0, 0.1) is 0 Å². The maximum atomic E-state index is 12.1. The van der Waals surface area contributed by atoms with E-state index in [0.717, 1.165) is 30.7 Å². The lowest BCUT2D eigenvalue weighted by Crippen LogP contribution is -2.31. The van der Waals surface area contributed by atoms with Gasteiger partial charge in [0.2, 0.25) is 5.91 Å². The molecule has 2 aromatic rings. The Bertz CT molecular complexity index is 710. The number of hydrogen-bond donors (Lipinski definition) is 2. The quantitative estimate of drug-likeness (QED) is 0.814. The normalized spacial score (nSPS) is 13.0. The van der Waals surface area contributed by atoms with Crippen molar-refractivity contribution in [2.75, 3.05) is 25.5 Å². The van der Waals surface area contributed by atoms with Crippen LogP contribution >= 0.6 is 0 Å². The van der Waals surface area contributed by atoms with E-state index in [0.29, 0.717) is 13.1 Å². The second kappa shape index (κ2) is 8.56. The van der Waals surface area contributed by atoms with E-state index in [4.69, 9.17) is 4.74 Å². The van der Waals surface area contributed by atoms with Crippen LogP contribution in [0.15, 0.2) is 42.5 Å². The molecule has 1 aliphatic carbocycles. The molecule has 4 heteroatoms. The van der Waals surface area contributed by atoms with Gasteiger partial charge in [0.15, 0.2) is 0 Å². The van der Waals surface area contributed by atoms with E-state index in [1.807, 2.05) is 24.3 Å². The van der Waals surface area contributed by atoms with Crippen LogP contribution in [0.25, 0.3) is 0 Å². The summed E-state index contributed by atoms with van der Waals surface area (Å²) in [6.07, 6.45) is 5.58. The molecule has 1 amide bonds. The van der Waals surface area contributed by atoms with Crippen molar-refractivity contribution in [3.63, 3.8) is 0 Å². The molecular weight excluding hydrogens is 312 g/mol. The summed E-state index contributed by atoms with van der Waals surface area (Å²) in [5.74, 6) is 0.880. The second-order valence-electron chi connectivity index (χ2n) is 6.45. The molecule has 0 radical (unpaired) electrons. The predicted octanol–water partition coefficient (Wildman–Crippen LogP) is 3.34. The molecule has 0 aliphatic heterocycles. The molecule has 0 saturated heterocycles. The van der Waals surface area contributed by atoms with E-state index in [-0.39, 0.29) is 5.91 Å². The Morgan fingerprint density at radius 2 is 1.88 bits per heavy atom. The molecule has 4 nitrogen and oxygen atoms in total. The minimum Gasteiger partial charge on any atom is -0.497 e. The lowest BCUT2D eigenvalue weighted by Gasteiger charge is -2.20. The third-order valence-corrected chi connectivity index (χ3v) is 4.73. The summed E-state index contributed by atoms with van der Waals surface area (Å²) in [6, 6.07) is 14.3. The lowest BCUT2D eigenvalue weighted by molar-refractivity contribution is -0.119. The van der Waals surface area contributed by atoms with Gasteiger partial charge in [-0.25, -0.2) is 0 Å². The van der Waals surface area contributed by atoms with Gasteiger partial charge in [-0.1, -0.05) is 24.3 Å². The molecule has 2 N–H and O–H groups in total. The Morgan fingerprint density at radius 3 is 2.68 bits per heavy atom. The highest BCUT2D eigenvalue weighted by Gasteiger charge is 2.13. The maximum Gasteiger partial charge on any atom is 0.239 e. The van der Waals surface area contributed by atoms with Crippen molar-refractivity contribution < 1.29 is 9.53 Å². The summed E-state index contributed by atoms with van der Waals surface area (Å²) in [5, 5.41) is 6.29. The van der Waals surface area contributed by atoms with Gasteiger partial charge in [-0.2, -0.15) is 0 Å². The first-order valence-corrected chi connectivity index (χ1v) is 9.00. The third kappa shape index (κ3) is 4.75. The number of nitrogens with one attached hydrogen (secondary N) is 2. The molecule has 0 atom stereocenters. The van der Waals surface area contributed by atoms with Crippen LogP contribution in [0.5, 0.6) is 5.75 Å². The van der Waals surface area contributed by atoms with Crippen molar-refractivity contribution in [2.24, 2.45) is 0 Å². The number of amides is 1. The van der Waals surface area contributed by atoms with E-state index in [1.165, 1.54) is 29.5 Å². The zero-order valence-corrected chi connectivity index (χ0v) is 14.8. The Hall–Kier alpha value is -2.49. The summed E-state index contributed by atoms with van der Waals surface area (Å²) in [6.45, 7) is 0.957. The van der Waals surface area contributed by atoms with Crippen molar-refractivity contribution in [1.29, 1.82) is 0 Å². The predicted molar refractivity (Wildman–Crippen MR) is 101 cm³/mol. The minimum atomic E-state index is 0.0296. The SMILES string of the molecule is COc1ccc(CCNC(=O)CNc2cccc3c2CCCC3)cc1. The summed E-state index contributed by atoms with van der Waals surface area (Å²) < 4.78 is 5.15. The van der Waals surface area contributed by atoms with Crippen LogP contribution in [-0.2, 0) is 24.1 Å². The monoisotopic (exact) mass is 338 g/mol. The van der Waals surface area contributed by atoms with Crippen molar-refractivity contribution in [2.45, 2.75) is 32.1 Å². The van der Waals surface area contributed by atoms with Crippen molar-refractivity contribution >= 4 is 11.6 Å². The molecular formula is C21H26N2O2. The van der Waals surface area contributed by atoms with Crippen LogP contribution in [0.1, 0.15) is 29.5 Å². The number of fused-ring (bicyclic) bond motifs is 1. The Morgan fingerprint density at radius 1 is 1.08 bits per heavy atom. The highest BCUT2D eigenvalue weighted by atomic mass is 16.5. The van der Waals surface area contributed by atoms with Crippen LogP contribution in [-0.4, -0.2) is 26.1 Å². The largest absolute Gasteiger partial charge is 0.497 e. The van der Waals surface area contributed by atoms with Crippen LogP contribution in [0.3, 0.4) is 0 Å². The molecule has 0 spiro atoms. The molecule has 2 aromatic carbocycles. The zero-order chi connectivity index (χ0) is 17.5. The topological polar surface area (TPSA) is 50.4 Å². The minimum absolute atomic E-state index is 0.0296. The highest BCUT2D eigenvalue weighted by molar-refractivity contribution is 5.81. The number of ether oxygens (including phenoxy) is 1. The lowest BCUT2D eigenvalue weighted by atomic mass is 9.90. The van der Waals surface area contributed by atoms with E-state index in [2.05, 4.69) is 28.8 Å². The van der Waals surface area contributed by atoms with Gasteiger partial charge in [-0.3, -0.25) is 4.79 Å². The van der Waals surface area contributed by atoms with Crippen molar-refractivity contribution in [3.05, 3.63) is 59.2 Å². The summed E-state index contributed by atoms with van der Waals surface area (Å²) in [4.78, 5) is 12.1. The first-order valence-electron chi connectivity index (χ1n) is 9.00. The van der Waals surface area contributed by atoms with Gasteiger partial charge >= 0.3 is 0 Å². The van der Waals surface area contributed by atoms with Gasteiger partial charge in [0, 0.05) is 12.2 Å². The fourth-order valence-electron chi connectivity index (χ4n) is 3.32. The smallest absolute Gasteiger partial charge is 0.239 e. The number of carbonyl (C=O) groups excluding carboxylic acids is 1. The number of hydrogen-bond acceptors (Lipinski definition) is 3. The van der Waals surface area contributed by atoms with Gasteiger partial charge in [0.05, 0.1) is 13.7 Å². The summed E-state index contributed by atoms with van der Waals surface area (Å²) in [7, 11) is 1.66. The Balaban J connectivity index is 1.44. The zero-order valence-electron chi connectivity index (χ0n) is 14.8. The molecule has 0 unspecified atom stereocenters. The van der Waals surface area contributed by atoms with Crippen LogP contribution in [0.2, 0.25) is 0 Å². The van der Waals surface area contributed by atoms with Gasteiger partial charge < -0.3 is 15.4 Å². The van der Waals surface area contributed by atoms with Crippen LogP contribution < -0.4 is 15.4 Å². The highest BCUT2D eigenvalue weighted by Crippen LogP contribution is 2.27. The van der Waals surface area contributed by atoms with E-state index >= 15 is 0 Å². The second-order valence-corrected chi connectivity index (χ2v) is 6.45. The van der Waals surface area contributed by atoms with E-state index < -0.39 is 0 Å². The number of carbonyl (C=O) groups is 1. The standard InChI is InChI=1S/C21H26N2O2/c1-25-18-11-9-16(10-12-18)13-14-22-21(24)15-23-20-8-4-6-17-5-2-3-7-19(17)20/h4,6,8-12,23H,2-3,5,7,13-15H2,1H3,(H,22,24). The number of aryl methyl sites for hydroxylation is 1. The average Bonchev–Trinajstić information content (AvgIpc) is 2.67. The van der Waals surface area contributed by atoms with Crippen LogP contribution in [0.4, 0.5) is 5.69 Å². The molecule has 25 heavy (non-hydrogen) atoms. The van der Waals surface area contributed by atoms with Gasteiger partial charge in [0.1, 0.15) is 5.75 Å². The third-order valence-electron chi connectivity index (χ3n) is 4.73. The molecule has 0 heterocycles. The summed E-state index contributed by atoms with van der Waals surface area (Å²) in [5.41, 5.74) is 5.12. The Kier molecular flexibility index (Phi) is 5.94. The number of anilines is 1. The fraction of sp³-hybridized carbons (Fsp3) is 0.381. The van der Waals surface area contributed by atoms with E-state index in [9.17, 15) is 4.79 Å². The van der Waals surface area contributed by atoms with Gasteiger partial charge in [-0.05, 0) is 67.0 Å². The first-order chi connectivity index (χ1) is 12.3. The first kappa shape index (κ1) is 17.3. The number of methoxy groups -OCH3 is 1. The summed E-state index contributed by atoms with van der Waals surface area (Å²) >= 11 is 0. The average molecular weight is 338 g/mol.